The molecule has 0 radical (unpaired) electrons. The van der Waals surface area contributed by atoms with E-state index < -0.39 is 5.82 Å². The second-order valence-corrected chi connectivity index (χ2v) is 2.92. The summed E-state index contributed by atoms with van der Waals surface area (Å²) in [6.07, 6.45) is 0. The fourth-order valence-electron chi connectivity index (χ4n) is 0.782. The van der Waals surface area contributed by atoms with Crippen LogP contribution in [0.5, 0.6) is 5.75 Å². The van der Waals surface area contributed by atoms with E-state index in [4.69, 9.17) is 27.9 Å². The molecule has 4 heteroatoms. The quantitative estimate of drug-likeness (QED) is 0.677. The van der Waals surface area contributed by atoms with E-state index in [0.29, 0.717) is 12.4 Å². The average Bonchev–Trinajstić information content (AvgIpc) is 2.01. The van der Waals surface area contributed by atoms with Crippen LogP contribution in [0.25, 0.3) is 0 Å². The van der Waals surface area contributed by atoms with Gasteiger partial charge in [0.25, 0.3) is 0 Å². The van der Waals surface area contributed by atoms with Gasteiger partial charge in [-0.1, -0.05) is 23.2 Å². The van der Waals surface area contributed by atoms with Crippen molar-refractivity contribution in [1.29, 1.82) is 0 Å². The van der Waals surface area contributed by atoms with Crippen LogP contribution in [0.15, 0.2) is 12.1 Å². The molecule has 0 fully saturated rings. The first-order valence-corrected chi connectivity index (χ1v) is 4.18. The maximum absolute atomic E-state index is 12.9. The van der Waals surface area contributed by atoms with Crippen molar-refractivity contribution in [1.82, 2.24) is 0 Å². The monoisotopic (exact) mass is 208 g/mol. The molecular weight excluding hydrogens is 202 g/mol. The zero-order valence-electron chi connectivity index (χ0n) is 6.40. The van der Waals surface area contributed by atoms with Gasteiger partial charge in [-0.05, 0) is 6.92 Å². The van der Waals surface area contributed by atoms with Crippen LogP contribution < -0.4 is 4.74 Å². The summed E-state index contributed by atoms with van der Waals surface area (Å²) in [6.45, 7) is 2.28. The van der Waals surface area contributed by atoms with Crippen molar-refractivity contribution in [3.8, 4) is 5.75 Å². The minimum atomic E-state index is -0.562. The smallest absolute Gasteiger partial charge is 0.146 e. The van der Waals surface area contributed by atoms with Crippen LogP contribution in [0.4, 0.5) is 4.39 Å². The summed E-state index contributed by atoms with van der Waals surface area (Å²) in [5.74, 6) is -0.169. The molecule has 0 aromatic heterocycles. The average molecular weight is 209 g/mol. The highest BCUT2D eigenvalue weighted by molar-refractivity contribution is 6.42. The molecule has 12 heavy (non-hydrogen) atoms. The van der Waals surface area contributed by atoms with Crippen LogP contribution in [0.3, 0.4) is 0 Å². The number of ether oxygens (including phenoxy) is 1. The highest BCUT2D eigenvalue weighted by atomic mass is 35.5. The summed E-state index contributed by atoms with van der Waals surface area (Å²) in [5, 5.41) is 0.0974. The van der Waals surface area contributed by atoms with Crippen LogP contribution in [0.1, 0.15) is 6.92 Å². The molecule has 0 unspecified atom stereocenters. The van der Waals surface area contributed by atoms with Crippen molar-refractivity contribution in [2.24, 2.45) is 0 Å². The molecule has 66 valence electrons. The van der Waals surface area contributed by atoms with E-state index in [-0.39, 0.29) is 10.0 Å². The van der Waals surface area contributed by atoms with Gasteiger partial charge in [-0.3, -0.25) is 0 Å². The highest BCUT2D eigenvalue weighted by Crippen LogP contribution is 2.29. The lowest BCUT2D eigenvalue weighted by Gasteiger charge is -2.04. The van der Waals surface area contributed by atoms with Crippen LogP contribution in [0, 0.1) is 5.82 Å². The normalized spacial score (nSPS) is 10.0. The Kier molecular flexibility index (Phi) is 3.18. The van der Waals surface area contributed by atoms with E-state index in [1.54, 1.807) is 6.92 Å². The number of hydrogen-bond acceptors (Lipinski definition) is 1. The summed E-state index contributed by atoms with van der Waals surface area (Å²) in [6, 6.07) is 2.69. The van der Waals surface area contributed by atoms with Crippen LogP contribution in [0.2, 0.25) is 10.0 Å². The molecule has 1 rings (SSSR count). The van der Waals surface area contributed by atoms with Crippen molar-refractivity contribution in [2.45, 2.75) is 6.92 Å². The van der Waals surface area contributed by atoms with Gasteiger partial charge < -0.3 is 4.74 Å². The summed E-state index contributed by atoms with van der Waals surface area (Å²) in [7, 11) is 0. The molecule has 0 spiro atoms. The first kappa shape index (κ1) is 9.62. The van der Waals surface area contributed by atoms with Gasteiger partial charge in [-0.15, -0.1) is 0 Å². The lowest BCUT2D eigenvalue weighted by molar-refractivity contribution is 0.338. The van der Waals surface area contributed by atoms with E-state index in [1.807, 2.05) is 0 Å². The highest BCUT2D eigenvalue weighted by Gasteiger charge is 2.07. The molecule has 0 heterocycles. The van der Waals surface area contributed by atoms with Crippen molar-refractivity contribution in [3.63, 3.8) is 0 Å². The summed E-state index contributed by atoms with van der Waals surface area (Å²) < 4.78 is 17.9. The molecule has 0 saturated heterocycles. The second kappa shape index (κ2) is 3.97. The summed E-state index contributed by atoms with van der Waals surface area (Å²) >= 11 is 11.1. The Morgan fingerprint density at radius 2 is 2.08 bits per heavy atom. The molecule has 0 amide bonds. The Morgan fingerprint density at radius 3 is 2.58 bits per heavy atom. The van der Waals surface area contributed by atoms with Gasteiger partial charge in [-0.25, -0.2) is 4.39 Å². The molecule has 0 aliphatic heterocycles. The molecule has 0 aliphatic carbocycles. The first-order chi connectivity index (χ1) is 5.65. The van der Waals surface area contributed by atoms with Crippen molar-refractivity contribution in [3.05, 3.63) is 28.0 Å². The van der Waals surface area contributed by atoms with E-state index >= 15 is 0 Å². The number of halogens is 3. The van der Waals surface area contributed by atoms with E-state index in [9.17, 15) is 4.39 Å². The third-order valence-electron chi connectivity index (χ3n) is 1.27. The van der Waals surface area contributed by atoms with Crippen LogP contribution in [-0.2, 0) is 0 Å². The molecule has 0 bridgehead atoms. The fraction of sp³-hybridized carbons (Fsp3) is 0.250. The largest absolute Gasteiger partial charge is 0.494 e. The van der Waals surface area contributed by atoms with Crippen molar-refractivity contribution in [2.75, 3.05) is 6.61 Å². The van der Waals surface area contributed by atoms with E-state index in [1.165, 1.54) is 12.1 Å². The third kappa shape index (κ3) is 2.02. The molecule has 1 aromatic rings. The van der Waals surface area contributed by atoms with Gasteiger partial charge in [0.2, 0.25) is 0 Å². The Morgan fingerprint density at radius 1 is 1.42 bits per heavy atom. The number of benzene rings is 1. The van der Waals surface area contributed by atoms with Crippen LogP contribution in [-0.4, -0.2) is 6.61 Å². The van der Waals surface area contributed by atoms with Gasteiger partial charge >= 0.3 is 0 Å². The molecule has 1 nitrogen and oxygen atoms in total. The molecule has 0 saturated carbocycles. The molecule has 1 aromatic carbocycles. The molecule has 0 atom stereocenters. The zero-order valence-corrected chi connectivity index (χ0v) is 7.92. The fourth-order valence-corrected chi connectivity index (χ4v) is 1.09. The van der Waals surface area contributed by atoms with Gasteiger partial charge in [0.1, 0.15) is 11.6 Å². The van der Waals surface area contributed by atoms with Gasteiger partial charge in [-0.2, -0.15) is 0 Å². The Balaban J connectivity index is 3.04. The lowest BCUT2D eigenvalue weighted by atomic mass is 10.3. The van der Waals surface area contributed by atoms with Gasteiger partial charge in [0.05, 0.1) is 16.7 Å². The summed E-state index contributed by atoms with van der Waals surface area (Å²) in [5.41, 5.74) is 0. The second-order valence-electron chi connectivity index (χ2n) is 2.13. The SMILES string of the molecule is CCOc1cc(F)c(Cl)c(Cl)c1. The Hall–Kier alpha value is -0.470. The third-order valence-corrected chi connectivity index (χ3v) is 2.05. The van der Waals surface area contributed by atoms with Gasteiger partial charge in [0.15, 0.2) is 0 Å². The van der Waals surface area contributed by atoms with Crippen molar-refractivity contribution < 1.29 is 9.13 Å². The Bertz CT molecular complexity index is 265. The lowest BCUT2D eigenvalue weighted by Crippen LogP contribution is -1.92. The van der Waals surface area contributed by atoms with E-state index in [2.05, 4.69) is 0 Å². The molecular formula is C8H7Cl2FO. The van der Waals surface area contributed by atoms with Gasteiger partial charge in [0, 0.05) is 12.1 Å². The zero-order chi connectivity index (χ0) is 9.14. The van der Waals surface area contributed by atoms with Crippen LogP contribution >= 0.6 is 23.2 Å². The first-order valence-electron chi connectivity index (χ1n) is 3.42. The Labute approximate surface area is 80.0 Å². The van der Waals surface area contributed by atoms with E-state index in [0.717, 1.165) is 0 Å². The maximum atomic E-state index is 12.9. The summed E-state index contributed by atoms with van der Waals surface area (Å²) in [4.78, 5) is 0. The predicted molar refractivity (Wildman–Crippen MR) is 47.6 cm³/mol. The standard InChI is InChI=1S/C8H7Cl2FO/c1-2-12-5-3-6(9)8(10)7(11)4-5/h3-4H,2H2,1H3. The molecule has 0 N–H and O–H groups in total. The number of rotatable bonds is 2. The number of hydrogen-bond donors (Lipinski definition) is 0. The topological polar surface area (TPSA) is 9.23 Å². The predicted octanol–water partition coefficient (Wildman–Crippen LogP) is 3.53. The van der Waals surface area contributed by atoms with Crippen molar-refractivity contribution >= 4 is 23.2 Å². The minimum Gasteiger partial charge on any atom is -0.494 e. The minimum absolute atomic E-state index is 0.0693. The maximum Gasteiger partial charge on any atom is 0.146 e. The molecule has 0 aliphatic rings.